The number of primary amides is 1. The minimum atomic E-state index is -0.597. The fraction of sp³-hybridized carbons (Fsp3) is 0.421. The number of nitrogens with two attached hydrogens (primary N) is 1. The Labute approximate surface area is 165 Å². The van der Waals surface area contributed by atoms with Crippen LogP contribution in [0.3, 0.4) is 0 Å². The number of morpholine rings is 1. The molecule has 1 fully saturated rings. The number of carbonyl (C=O) groups is 2. The first-order valence-corrected chi connectivity index (χ1v) is 9.99. The van der Waals surface area contributed by atoms with Crippen LogP contribution >= 0.6 is 11.3 Å². The number of carbonyl (C=O) groups excluding carboxylic acids is 2. The van der Waals surface area contributed by atoms with E-state index in [1.807, 2.05) is 11.8 Å². The topological polar surface area (TPSA) is 88.8 Å². The van der Waals surface area contributed by atoms with Crippen molar-refractivity contribution in [2.75, 3.05) is 36.1 Å². The number of fused-ring (bicyclic) bond motifs is 1. The number of benzene rings is 1. The van der Waals surface area contributed by atoms with Crippen molar-refractivity contribution < 1.29 is 18.7 Å². The van der Waals surface area contributed by atoms with E-state index in [1.54, 1.807) is 17.0 Å². The molecule has 1 atom stereocenters. The number of ether oxygens (including phenoxy) is 1. The lowest BCUT2D eigenvalue weighted by atomic mass is 10.1. The number of hydrogen-bond donors (Lipinski definition) is 1. The van der Waals surface area contributed by atoms with Crippen LogP contribution in [-0.4, -0.2) is 49.1 Å². The van der Waals surface area contributed by atoms with E-state index in [1.165, 1.54) is 17.4 Å². The average Bonchev–Trinajstić information content (AvgIpc) is 3.24. The highest BCUT2D eigenvalue weighted by Crippen LogP contribution is 2.35. The summed E-state index contributed by atoms with van der Waals surface area (Å²) in [5, 5.41) is 0.667. The predicted molar refractivity (Wildman–Crippen MR) is 104 cm³/mol. The van der Waals surface area contributed by atoms with Crippen LogP contribution in [0.5, 0.6) is 0 Å². The third-order valence-electron chi connectivity index (χ3n) is 5.07. The molecule has 2 amide bonds. The number of nitrogens with zero attached hydrogens (tertiary/aromatic N) is 3. The maximum atomic E-state index is 14.1. The van der Waals surface area contributed by atoms with Crippen LogP contribution in [0, 0.1) is 5.82 Å². The van der Waals surface area contributed by atoms with Crippen LogP contribution in [0.4, 0.5) is 15.2 Å². The van der Waals surface area contributed by atoms with Gasteiger partial charge in [0.1, 0.15) is 10.7 Å². The molecule has 4 rings (SSSR count). The molecule has 0 unspecified atom stereocenters. The van der Waals surface area contributed by atoms with Crippen molar-refractivity contribution in [1.29, 1.82) is 0 Å². The number of halogens is 1. The van der Waals surface area contributed by atoms with Crippen LogP contribution in [0.25, 0.3) is 0 Å². The summed E-state index contributed by atoms with van der Waals surface area (Å²) in [6, 6.07) is 4.59. The largest absolute Gasteiger partial charge is 0.378 e. The van der Waals surface area contributed by atoms with E-state index in [0.717, 1.165) is 0 Å². The molecule has 28 heavy (non-hydrogen) atoms. The minimum absolute atomic E-state index is 0.0561. The molecule has 9 heteroatoms. The Balaban J connectivity index is 1.60. The summed E-state index contributed by atoms with van der Waals surface area (Å²) in [6.45, 7) is 4.41. The highest BCUT2D eigenvalue weighted by Gasteiger charge is 2.34. The summed E-state index contributed by atoms with van der Waals surface area (Å²) in [5.41, 5.74) is 7.03. The summed E-state index contributed by atoms with van der Waals surface area (Å²) in [6.07, 6.45) is 0.409. The third kappa shape index (κ3) is 3.35. The van der Waals surface area contributed by atoms with Crippen LogP contribution in [0.1, 0.15) is 27.9 Å². The number of anilines is 2. The maximum Gasteiger partial charge on any atom is 0.260 e. The highest BCUT2D eigenvalue weighted by atomic mass is 32.1. The quantitative estimate of drug-likeness (QED) is 0.839. The van der Waals surface area contributed by atoms with E-state index in [4.69, 9.17) is 10.5 Å². The van der Waals surface area contributed by atoms with Gasteiger partial charge >= 0.3 is 0 Å². The third-order valence-corrected chi connectivity index (χ3v) is 6.25. The zero-order valence-corrected chi connectivity index (χ0v) is 16.3. The van der Waals surface area contributed by atoms with Crippen molar-refractivity contribution in [1.82, 2.24) is 4.98 Å². The number of rotatable bonds is 4. The van der Waals surface area contributed by atoms with Gasteiger partial charge in [0.25, 0.3) is 5.91 Å². The summed E-state index contributed by atoms with van der Waals surface area (Å²) >= 11 is 1.20. The molecule has 0 saturated carbocycles. The predicted octanol–water partition coefficient (Wildman–Crippen LogP) is 1.74. The van der Waals surface area contributed by atoms with E-state index >= 15 is 0 Å². The van der Waals surface area contributed by atoms with Gasteiger partial charge in [-0.1, -0.05) is 17.4 Å². The molecule has 0 radical (unpaired) electrons. The summed E-state index contributed by atoms with van der Waals surface area (Å²) in [4.78, 5) is 33.4. The van der Waals surface area contributed by atoms with Gasteiger partial charge < -0.3 is 20.3 Å². The molecule has 1 saturated heterocycles. The first-order chi connectivity index (χ1) is 13.5. The fourth-order valence-electron chi connectivity index (χ4n) is 3.75. The normalized spacial score (nSPS) is 19.0. The molecule has 7 nitrogen and oxygen atoms in total. The Morgan fingerprint density at radius 1 is 1.36 bits per heavy atom. The Morgan fingerprint density at radius 2 is 2.11 bits per heavy atom. The summed E-state index contributed by atoms with van der Waals surface area (Å²) in [7, 11) is 0. The van der Waals surface area contributed by atoms with Crippen LogP contribution in [0.15, 0.2) is 18.2 Å². The molecule has 0 bridgehead atoms. The van der Waals surface area contributed by atoms with Gasteiger partial charge in [-0.3, -0.25) is 9.59 Å². The number of amides is 2. The lowest BCUT2D eigenvalue weighted by Gasteiger charge is -2.26. The van der Waals surface area contributed by atoms with E-state index in [-0.39, 0.29) is 24.2 Å². The Hall–Kier alpha value is -2.52. The molecule has 0 spiro atoms. The van der Waals surface area contributed by atoms with Gasteiger partial charge in [0, 0.05) is 24.7 Å². The second-order valence-electron chi connectivity index (χ2n) is 6.97. The lowest BCUT2D eigenvalue weighted by molar-refractivity contribution is -0.118. The maximum absolute atomic E-state index is 14.1. The van der Waals surface area contributed by atoms with E-state index in [0.29, 0.717) is 59.7 Å². The molecular formula is C19H21FN4O3S. The first-order valence-electron chi connectivity index (χ1n) is 9.17. The molecule has 148 valence electrons. The first kappa shape index (κ1) is 18.8. The zero-order chi connectivity index (χ0) is 19.8. The number of thiazole rings is 1. The van der Waals surface area contributed by atoms with Gasteiger partial charge in [0.2, 0.25) is 5.91 Å². The van der Waals surface area contributed by atoms with Crippen LogP contribution < -0.4 is 15.5 Å². The summed E-state index contributed by atoms with van der Waals surface area (Å²) in [5.74, 6) is -1.13. The monoisotopic (exact) mass is 404 g/mol. The van der Waals surface area contributed by atoms with Crippen molar-refractivity contribution in [2.24, 2.45) is 5.73 Å². The Morgan fingerprint density at radius 3 is 2.82 bits per heavy atom. The highest BCUT2D eigenvalue weighted by molar-refractivity contribution is 7.17. The smallest absolute Gasteiger partial charge is 0.260 e. The molecule has 2 aliphatic rings. The molecule has 0 aliphatic carbocycles. The fourth-order valence-corrected chi connectivity index (χ4v) is 4.74. The van der Waals surface area contributed by atoms with Crippen molar-refractivity contribution in [3.63, 3.8) is 0 Å². The van der Waals surface area contributed by atoms with Crippen molar-refractivity contribution in [3.8, 4) is 0 Å². The summed E-state index contributed by atoms with van der Waals surface area (Å²) < 4.78 is 19.4. The van der Waals surface area contributed by atoms with E-state index in [9.17, 15) is 14.0 Å². The van der Waals surface area contributed by atoms with Crippen molar-refractivity contribution >= 4 is 34.0 Å². The average molecular weight is 404 g/mol. The van der Waals surface area contributed by atoms with Crippen LogP contribution in [-0.2, 0) is 22.4 Å². The van der Waals surface area contributed by atoms with Crippen LogP contribution in [0.2, 0.25) is 0 Å². The molecule has 1 aromatic heterocycles. The van der Waals surface area contributed by atoms with Crippen molar-refractivity contribution in [2.45, 2.75) is 25.8 Å². The standard InChI is InChI=1S/C19H21FN4O3S/c1-11-9-12-13(20)3-2-4-15(12)24(11)16(25)10-14-17(18(21)26)28-19(22-14)23-5-7-27-8-6-23/h2-4,11H,5-10H2,1H3,(H2,21,26)/t11-/m1/s1. The van der Waals surface area contributed by atoms with Gasteiger partial charge in [0.15, 0.2) is 5.13 Å². The van der Waals surface area contributed by atoms with Gasteiger partial charge in [-0.2, -0.15) is 0 Å². The Kier molecular flexibility index (Phi) is 5.03. The minimum Gasteiger partial charge on any atom is -0.378 e. The van der Waals surface area contributed by atoms with Gasteiger partial charge in [-0.15, -0.1) is 0 Å². The second-order valence-corrected chi connectivity index (χ2v) is 7.94. The molecule has 3 heterocycles. The van der Waals surface area contributed by atoms with Crippen molar-refractivity contribution in [3.05, 3.63) is 40.2 Å². The molecule has 1 aromatic carbocycles. The second kappa shape index (κ2) is 7.48. The number of aromatic nitrogens is 1. The molecular weight excluding hydrogens is 383 g/mol. The Bertz CT molecular complexity index is 926. The zero-order valence-electron chi connectivity index (χ0n) is 15.5. The SMILES string of the molecule is C[C@@H]1Cc2c(F)cccc2N1C(=O)Cc1nc(N2CCOCC2)sc1C(N)=O. The van der Waals surface area contributed by atoms with Gasteiger partial charge in [-0.05, 0) is 25.5 Å². The molecule has 2 N–H and O–H groups in total. The van der Waals surface area contributed by atoms with E-state index in [2.05, 4.69) is 4.98 Å². The van der Waals surface area contributed by atoms with Gasteiger partial charge in [0.05, 0.1) is 31.0 Å². The molecule has 2 aliphatic heterocycles. The van der Waals surface area contributed by atoms with Gasteiger partial charge in [-0.25, -0.2) is 9.37 Å². The van der Waals surface area contributed by atoms with E-state index < -0.39 is 5.91 Å². The molecule has 2 aromatic rings. The number of hydrogen-bond acceptors (Lipinski definition) is 6. The lowest BCUT2D eigenvalue weighted by Crippen LogP contribution is -2.37.